The van der Waals surface area contributed by atoms with Crippen LogP contribution < -0.4 is 10.1 Å². The quantitative estimate of drug-likeness (QED) is 0.907. The molecule has 0 saturated carbocycles. The molecule has 0 aromatic heterocycles. The molecule has 0 fully saturated rings. The molecule has 21 heavy (non-hydrogen) atoms. The maximum atomic E-state index is 9.00. The number of aryl methyl sites for hydroxylation is 1. The molecule has 1 unspecified atom stereocenters. The molecule has 1 atom stereocenters. The van der Waals surface area contributed by atoms with E-state index in [1.807, 2.05) is 12.1 Å². The number of benzene rings is 2. The summed E-state index contributed by atoms with van der Waals surface area (Å²) in [5.41, 5.74) is 4.15. The van der Waals surface area contributed by atoms with Crippen molar-refractivity contribution in [3.05, 3.63) is 64.7 Å². The number of nitrogens with zero attached hydrogens (tertiary/aromatic N) is 1. The van der Waals surface area contributed by atoms with Crippen LogP contribution >= 0.6 is 0 Å². The zero-order valence-electron chi connectivity index (χ0n) is 12.7. The molecule has 108 valence electrons. The van der Waals surface area contributed by atoms with Gasteiger partial charge in [0.25, 0.3) is 0 Å². The molecule has 0 bridgehead atoms. The summed E-state index contributed by atoms with van der Waals surface area (Å²) >= 11 is 0. The van der Waals surface area contributed by atoms with E-state index in [0.29, 0.717) is 12.1 Å². The molecular formula is C18H20N2O. The Bertz CT molecular complexity index is 641. The van der Waals surface area contributed by atoms with E-state index in [2.05, 4.69) is 49.5 Å². The average molecular weight is 280 g/mol. The third-order valence-electron chi connectivity index (χ3n) is 3.59. The molecule has 0 spiro atoms. The first-order valence-corrected chi connectivity index (χ1v) is 7.01. The molecule has 2 rings (SSSR count). The first kappa shape index (κ1) is 15.1. The minimum Gasteiger partial charge on any atom is -0.496 e. The molecule has 3 heteroatoms. The van der Waals surface area contributed by atoms with Gasteiger partial charge in [0.1, 0.15) is 5.75 Å². The number of ether oxygens (including phenoxy) is 1. The van der Waals surface area contributed by atoms with Crippen LogP contribution in [0.15, 0.2) is 42.5 Å². The average Bonchev–Trinajstić information content (AvgIpc) is 2.52. The second-order valence-corrected chi connectivity index (χ2v) is 5.15. The molecule has 0 aliphatic rings. The third kappa shape index (κ3) is 3.84. The Hall–Kier alpha value is -2.31. The van der Waals surface area contributed by atoms with Crippen molar-refractivity contribution >= 4 is 0 Å². The van der Waals surface area contributed by atoms with E-state index in [1.54, 1.807) is 13.2 Å². The van der Waals surface area contributed by atoms with Crippen LogP contribution in [-0.2, 0) is 6.54 Å². The van der Waals surface area contributed by atoms with Gasteiger partial charge in [0.05, 0.1) is 18.7 Å². The highest BCUT2D eigenvalue weighted by Gasteiger charge is 2.08. The van der Waals surface area contributed by atoms with Gasteiger partial charge in [0.2, 0.25) is 0 Å². The van der Waals surface area contributed by atoms with Crippen LogP contribution in [0.5, 0.6) is 5.75 Å². The van der Waals surface area contributed by atoms with Gasteiger partial charge in [-0.25, -0.2) is 0 Å². The van der Waals surface area contributed by atoms with Crippen molar-refractivity contribution in [3.8, 4) is 11.8 Å². The SMILES string of the molecule is COc1ccc(C#N)cc1CNC(C)c1ccc(C)cc1. The van der Waals surface area contributed by atoms with Gasteiger partial charge in [-0.3, -0.25) is 0 Å². The number of rotatable bonds is 5. The van der Waals surface area contributed by atoms with Crippen molar-refractivity contribution < 1.29 is 4.74 Å². The predicted octanol–water partition coefficient (Wildman–Crippen LogP) is 3.73. The molecule has 1 N–H and O–H groups in total. The van der Waals surface area contributed by atoms with Crippen LogP contribution in [0, 0.1) is 18.3 Å². The van der Waals surface area contributed by atoms with Crippen molar-refractivity contribution in [2.75, 3.05) is 7.11 Å². The first-order chi connectivity index (χ1) is 10.1. The summed E-state index contributed by atoms with van der Waals surface area (Å²) in [5, 5.41) is 12.5. The number of hydrogen-bond acceptors (Lipinski definition) is 3. The molecule has 2 aromatic rings. The normalized spacial score (nSPS) is 11.7. The monoisotopic (exact) mass is 280 g/mol. The van der Waals surface area contributed by atoms with E-state index >= 15 is 0 Å². The maximum Gasteiger partial charge on any atom is 0.123 e. The number of nitrogens with one attached hydrogen (secondary N) is 1. The zero-order valence-corrected chi connectivity index (χ0v) is 12.7. The van der Waals surface area contributed by atoms with Crippen molar-refractivity contribution in [1.29, 1.82) is 5.26 Å². The fourth-order valence-corrected chi connectivity index (χ4v) is 2.22. The van der Waals surface area contributed by atoms with Gasteiger partial charge in [0, 0.05) is 18.2 Å². The molecule has 0 amide bonds. The second-order valence-electron chi connectivity index (χ2n) is 5.15. The standard InChI is InChI=1S/C18H20N2O/c1-13-4-7-16(8-5-13)14(2)20-12-17-10-15(11-19)6-9-18(17)21-3/h4-10,14,20H,12H2,1-3H3. The van der Waals surface area contributed by atoms with Crippen LogP contribution in [0.3, 0.4) is 0 Å². The number of nitriles is 1. The molecule has 0 radical (unpaired) electrons. The van der Waals surface area contributed by atoms with Crippen molar-refractivity contribution in [2.45, 2.75) is 26.4 Å². The topological polar surface area (TPSA) is 45.0 Å². The highest BCUT2D eigenvalue weighted by atomic mass is 16.5. The van der Waals surface area contributed by atoms with Gasteiger partial charge in [-0.2, -0.15) is 5.26 Å². The third-order valence-corrected chi connectivity index (χ3v) is 3.59. The van der Waals surface area contributed by atoms with Crippen LogP contribution in [0.4, 0.5) is 0 Å². The van der Waals surface area contributed by atoms with Crippen LogP contribution in [-0.4, -0.2) is 7.11 Å². The summed E-state index contributed by atoms with van der Waals surface area (Å²) < 4.78 is 5.35. The van der Waals surface area contributed by atoms with Gasteiger partial charge in [-0.1, -0.05) is 29.8 Å². The lowest BCUT2D eigenvalue weighted by atomic mass is 10.1. The number of hydrogen-bond donors (Lipinski definition) is 1. The fraction of sp³-hybridized carbons (Fsp3) is 0.278. The Kier molecular flexibility index (Phi) is 4.97. The highest BCUT2D eigenvalue weighted by molar-refractivity contribution is 5.42. The summed E-state index contributed by atoms with van der Waals surface area (Å²) in [5.74, 6) is 0.803. The predicted molar refractivity (Wildman–Crippen MR) is 84.1 cm³/mol. The second kappa shape index (κ2) is 6.92. The first-order valence-electron chi connectivity index (χ1n) is 7.01. The maximum absolute atomic E-state index is 9.00. The van der Waals surface area contributed by atoms with Gasteiger partial charge in [0.15, 0.2) is 0 Å². The molecular weight excluding hydrogens is 260 g/mol. The van der Waals surface area contributed by atoms with Crippen molar-refractivity contribution in [2.24, 2.45) is 0 Å². The lowest BCUT2D eigenvalue weighted by Crippen LogP contribution is -2.18. The Morgan fingerprint density at radius 2 is 1.90 bits per heavy atom. The highest BCUT2D eigenvalue weighted by Crippen LogP contribution is 2.21. The molecule has 0 saturated heterocycles. The van der Waals surface area contributed by atoms with E-state index in [4.69, 9.17) is 10.00 Å². The number of methoxy groups -OCH3 is 1. The zero-order chi connectivity index (χ0) is 15.2. The van der Waals surface area contributed by atoms with Crippen molar-refractivity contribution in [3.63, 3.8) is 0 Å². The van der Waals surface area contributed by atoms with E-state index in [-0.39, 0.29) is 6.04 Å². The van der Waals surface area contributed by atoms with Crippen molar-refractivity contribution in [1.82, 2.24) is 5.32 Å². The Morgan fingerprint density at radius 1 is 1.19 bits per heavy atom. The fourth-order valence-electron chi connectivity index (χ4n) is 2.22. The Morgan fingerprint density at radius 3 is 2.52 bits per heavy atom. The van der Waals surface area contributed by atoms with E-state index < -0.39 is 0 Å². The molecule has 2 aromatic carbocycles. The van der Waals surface area contributed by atoms with Gasteiger partial charge in [-0.15, -0.1) is 0 Å². The Labute approximate surface area is 126 Å². The summed E-state index contributed by atoms with van der Waals surface area (Å²) in [6, 6.07) is 16.4. The van der Waals surface area contributed by atoms with E-state index in [9.17, 15) is 0 Å². The minimum atomic E-state index is 0.237. The lowest BCUT2D eigenvalue weighted by Gasteiger charge is -2.16. The molecule has 3 nitrogen and oxygen atoms in total. The smallest absolute Gasteiger partial charge is 0.123 e. The summed E-state index contributed by atoms with van der Waals surface area (Å²) in [6.07, 6.45) is 0. The summed E-state index contributed by atoms with van der Waals surface area (Å²) in [7, 11) is 1.65. The lowest BCUT2D eigenvalue weighted by molar-refractivity contribution is 0.406. The molecule has 0 heterocycles. The van der Waals surface area contributed by atoms with E-state index in [0.717, 1.165) is 11.3 Å². The summed E-state index contributed by atoms with van der Waals surface area (Å²) in [4.78, 5) is 0. The van der Waals surface area contributed by atoms with Gasteiger partial charge in [-0.05, 0) is 37.6 Å². The minimum absolute atomic E-state index is 0.237. The molecule has 0 aliphatic heterocycles. The largest absolute Gasteiger partial charge is 0.496 e. The van der Waals surface area contributed by atoms with Crippen LogP contribution in [0.25, 0.3) is 0 Å². The van der Waals surface area contributed by atoms with E-state index in [1.165, 1.54) is 11.1 Å². The van der Waals surface area contributed by atoms with Crippen LogP contribution in [0.2, 0.25) is 0 Å². The van der Waals surface area contributed by atoms with Gasteiger partial charge >= 0.3 is 0 Å². The summed E-state index contributed by atoms with van der Waals surface area (Å²) in [6.45, 7) is 4.87. The van der Waals surface area contributed by atoms with Gasteiger partial charge < -0.3 is 10.1 Å². The van der Waals surface area contributed by atoms with Crippen LogP contribution in [0.1, 0.15) is 35.2 Å². The Balaban J connectivity index is 2.08. The molecule has 0 aliphatic carbocycles.